The maximum atomic E-state index is 10.4. The first kappa shape index (κ1) is 16.5. The summed E-state index contributed by atoms with van der Waals surface area (Å²) in [4.78, 5) is 0. The Balaban J connectivity index is 1.66. The lowest BCUT2D eigenvalue weighted by molar-refractivity contribution is 0.475. The fraction of sp³-hybridized carbons (Fsp3) is 0.0385. The molecule has 0 aliphatic heterocycles. The Morgan fingerprint density at radius 2 is 1.39 bits per heavy atom. The highest BCUT2D eigenvalue weighted by atomic mass is 16.3. The molecule has 5 aromatic rings. The smallest absolute Gasteiger partial charge is 0.361 e. The largest absolute Gasteiger partial charge is 0.507 e. The number of fused-ring (bicyclic) bond motifs is 4. The summed E-state index contributed by atoms with van der Waals surface area (Å²) in [6.07, 6.45) is 1.99. The van der Waals surface area contributed by atoms with Crippen molar-refractivity contribution in [3.05, 3.63) is 96.3 Å². The Kier molecular flexibility index (Phi) is 3.84. The van der Waals surface area contributed by atoms with Crippen molar-refractivity contribution in [3.8, 4) is 5.75 Å². The van der Waals surface area contributed by atoms with E-state index in [2.05, 4.69) is 24.3 Å². The minimum Gasteiger partial charge on any atom is -0.507 e. The van der Waals surface area contributed by atoms with Crippen LogP contribution in [0.2, 0.25) is 0 Å². The number of rotatable bonds is 2. The molecular formula is C26H19O2+. The van der Waals surface area contributed by atoms with Crippen LogP contribution in [0.3, 0.4) is 0 Å². The van der Waals surface area contributed by atoms with Gasteiger partial charge in [0.1, 0.15) is 5.75 Å². The molecule has 0 unspecified atom stereocenters. The van der Waals surface area contributed by atoms with Crippen molar-refractivity contribution >= 4 is 44.2 Å². The lowest BCUT2D eigenvalue weighted by Gasteiger charge is -2.05. The van der Waals surface area contributed by atoms with Crippen LogP contribution in [0.25, 0.3) is 44.2 Å². The quantitative estimate of drug-likeness (QED) is 0.264. The van der Waals surface area contributed by atoms with Crippen molar-refractivity contribution < 1.29 is 9.52 Å². The lowest BCUT2D eigenvalue weighted by Crippen LogP contribution is -1.85. The van der Waals surface area contributed by atoms with Gasteiger partial charge < -0.3 is 5.11 Å². The summed E-state index contributed by atoms with van der Waals surface area (Å²) in [7, 11) is 0. The molecule has 0 saturated heterocycles. The van der Waals surface area contributed by atoms with Gasteiger partial charge in [-0.1, -0.05) is 54.6 Å². The molecule has 1 aromatic heterocycles. The highest BCUT2D eigenvalue weighted by molar-refractivity contribution is 6.05. The van der Waals surface area contributed by atoms with Crippen LogP contribution >= 0.6 is 0 Å². The van der Waals surface area contributed by atoms with Gasteiger partial charge in [0, 0.05) is 17.7 Å². The molecule has 0 aliphatic carbocycles. The summed E-state index contributed by atoms with van der Waals surface area (Å²) in [5.41, 5.74) is 2.62. The van der Waals surface area contributed by atoms with Crippen molar-refractivity contribution in [1.29, 1.82) is 0 Å². The molecule has 1 heterocycles. The Bertz CT molecular complexity index is 1380. The second-order valence-electron chi connectivity index (χ2n) is 7.05. The van der Waals surface area contributed by atoms with E-state index >= 15 is 0 Å². The van der Waals surface area contributed by atoms with Crippen LogP contribution in [-0.4, -0.2) is 5.11 Å². The molecule has 0 spiro atoms. The average Bonchev–Trinajstić information content (AvgIpc) is 2.75. The highest BCUT2D eigenvalue weighted by Gasteiger charge is 2.16. The third kappa shape index (κ3) is 2.71. The van der Waals surface area contributed by atoms with Crippen LogP contribution in [0.1, 0.15) is 18.2 Å². The highest BCUT2D eigenvalue weighted by Crippen LogP contribution is 2.32. The van der Waals surface area contributed by atoms with E-state index in [-0.39, 0.29) is 5.75 Å². The number of allylic oxidation sites excluding steroid dienone is 1. The first-order chi connectivity index (χ1) is 13.7. The van der Waals surface area contributed by atoms with Gasteiger partial charge in [-0.25, -0.2) is 4.42 Å². The van der Waals surface area contributed by atoms with Gasteiger partial charge >= 0.3 is 11.3 Å². The summed E-state index contributed by atoms with van der Waals surface area (Å²) in [6.45, 7) is 2.01. The van der Waals surface area contributed by atoms with Gasteiger partial charge in [0.05, 0.1) is 11.0 Å². The predicted molar refractivity (Wildman–Crippen MR) is 117 cm³/mol. The van der Waals surface area contributed by atoms with Gasteiger partial charge in [-0.15, -0.1) is 0 Å². The molecule has 134 valence electrons. The van der Waals surface area contributed by atoms with Gasteiger partial charge in [0.2, 0.25) is 0 Å². The number of phenols is 1. The molecular weight excluding hydrogens is 344 g/mol. The second-order valence-corrected chi connectivity index (χ2v) is 7.05. The third-order valence-corrected chi connectivity index (χ3v) is 5.25. The number of hydrogen-bond donors (Lipinski definition) is 1. The van der Waals surface area contributed by atoms with Crippen molar-refractivity contribution in [2.75, 3.05) is 0 Å². The average molecular weight is 363 g/mol. The monoisotopic (exact) mass is 363 g/mol. The summed E-state index contributed by atoms with van der Waals surface area (Å²) < 4.78 is 6.21. The summed E-state index contributed by atoms with van der Waals surface area (Å²) in [5, 5.41) is 16.0. The summed E-state index contributed by atoms with van der Waals surface area (Å²) >= 11 is 0. The Hall–Kier alpha value is -3.65. The van der Waals surface area contributed by atoms with Crippen molar-refractivity contribution in [2.24, 2.45) is 0 Å². The minimum atomic E-state index is 0.268. The van der Waals surface area contributed by atoms with Gasteiger partial charge in [-0.3, -0.25) is 0 Å². The summed E-state index contributed by atoms with van der Waals surface area (Å²) in [6, 6.07) is 28.3. The molecule has 0 radical (unpaired) electrons. The first-order valence-corrected chi connectivity index (χ1v) is 9.35. The first-order valence-electron chi connectivity index (χ1n) is 9.35. The molecule has 5 rings (SSSR count). The van der Waals surface area contributed by atoms with Crippen molar-refractivity contribution in [2.45, 2.75) is 6.92 Å². The Morgan fingerprint density at radius 1 is 0.714 bits per heavy atom. The predicted octanol–water partition coefficient (Wildman–Crippen LogP) is 7.29. The minimum absolute atomic E-state index is 0.268. The zero-order valence-corrected chi connectivity index (χ0v) is 15.5. The molecule has 0 aliphatic rings. The van der Waals surface area contributed by atoms with Crippen LogP contribution in [0.5, 0.6) is 5.75 Å². The normalized spacial score (nSPS) is 12.1. The fourth-order valence-electron chi connectivity index (χ4n) is 3.78. The van der Waals surface area contributed by atoms with Crippen LogP contribution in [-0.2, 0) is 0 Å². The zero-order chi connectivity index (χ0) is 19.1. The maximum absolute atomic E-state index is 10.4. The molecule has 1 N–H and O–H groups in total. The van der Waals surface area contributed by atoms with Crippen LogP contribution < -0.4 is 0 Å². The molecule has 0 amide bonds. The van der Waals surface area contributed by atoms with Crippen molar-refractivity contribution in [1.82, 2.24) is 0 Å². The molecule has 28 heavy (non-hydrogen) atoms. The van der Waals surface area contributed by atoms with Crippen LogP contribution in [0.4, 0.5) is 0 Å². The fourth-order valence-corrected chi connectivity index (χ4v) is 3.78. The maximum Gasteiger partial charge on any atom is 0.361 e. The van der Waals surface area contributed by atoms with Crippen LogP contribution in [0.15, 0.2) is 89.3 Å². The molecule has 0 atom stereocenters. The molecule has 2 heteroatoms. The number of aromatic hydroxyl groups is 1. The van der Waals surface area contributed by atoms with E-state index in [1.165, 1.54) is 10.8 Å². The Labute approximate surface area is 163 Å². The van der Waals surface area contributed by atoms with E-state index in [1.54, 1.807) is 6.07 Å². The van der Waals surface area contributed by atoms with E-state index in [9.17, 15) is 5.11 Å². The lowest BCUT2D eigenvalue weighted by atomic mass is 10.0. The topological polar surface area (TPSA) is 31.5 Å². The molecule has 0 saturated carbocycles. The molecule has 4 aromatic carbocycles. The number of hydrogen-bond acceptors (Lipinski definition) is 1. The second kappa shape index (κ2) is 6.50. The third-order valence-electron chi connectivity index (χ3n) is 5.25. The zero-order valence-electron chi connectivity index (χ0n) is 15.5. The van der Waals surface area contributed by atoms with E-state index in [0.717, 1.165) is 38.6 Å². The number of phenolic OH excluding ortho intramolecular Hbond substituents is 1. The summed E-state index contributed by atoms with van der Waals surface area (Å²) in [5.74, 6) is 1.06. The standard InChI is InChI=1S/C26H18O2/c1-17(16-23-21-9-5-3-6-18(21)10-13-24(23)27)25-15-12-22-20-8-4-2-7-19(20)11-14-26(22)28-25/h2-16H,1H3/p+1/b17-16-. The molecule has 0 bridgehead atoms. The van der Waals surface area contributed by atoms with E-state index in [4.69, 9.17) is 4.42 Å². The van der Waals surface area contributed by atoms with E-state index in [0.29, 0.717) is 0 Å². The SMILES string of the molecule is C/C(=C/c1c(O)ccc2ccccc12)c1ccc2c(ccc3ccccc32)[o+]1. The number of benzene rings is 4. The van der Waals surface area contributed by atoms with Gasteiger partial charge in [-0.2, -0.15) is 0 Å². The van der Waals surface area contributed by atoms with E-state index in [1.807, 2.05) is 67.6 Å². The van der Waals surface area contributed by atoms with E-state index < -0.39 is 0 Å². The molecule has 2 nitrogen and oxygen atoms in total. The van der Waals surface area contributed by atoms with Gasteiger partial charge in [0.25, 0.3) is 0 Å². The molecule has 0 fully saturated rings. The van der Waals surface area contributed by atoms with Crippen molar-refractivity contribution in [3.63, 3.8) is 0 Å². The Morgan fingerprint density at radius 3 is 2.21 bits per heavy atom. The van der Waals surface area contributed by atoms with Crippen LogP contribution in [0, 0.1) is 0 Å². The van der Waals surface area contributed by atoms with Gasteiger partial charge in [0.15, 0.2) is 0 Å². The van der Waals surface area contributed by atoms with Gasteiger partial charge in [-0.05, 0) is 52.7 Å².